The first-order valence-corrected chi connectivity index (χ1v) is 5.73. The fourth-order valence-corrected chi connectivity index (χ4v) is 1.87. The highest BCUT2D eigenvalue weighted by Gasteiger charge is 2.25. The lowest BCUT2D eigenvalue weighted by atomic mass is 10.2. The summed E-state index contributed by atoms with van der Waals surface area (Å²) in [6.45, 7) is 3.53. The molecule has 1 amide bonds. The second kappa shape index (κ2) is 5.23. The Labute approximate surface area is 99.4 Å². The van der Waals surface area contributed by atoms with E-state index in [0.717, 1.165) is 6.42 Å². The number of morpholine rings is 1. The molecule has 0 bridgehead atoms. The molecule has 5 heteroatoms. The summed E-state index contributed by atoms with van der Waals surface area (Å²) in [4.78, 5) is 17.2. The van der Waals surface area contributed by atoms with Crippen LogP contribution in [0.25, 0.3) is 0 Å². The van der Waals surface area contributed by atoms with Crippen LogP contribution in [0.2, 0.25) is 0 Å². The maximum Gasteiger partial charge on any atom is 0.258 e. The fraction of sp³-hybridized carbons (Fsp3) is 0.500. The molecule has 2 heterocycles. The van der Waals surface area contributed by atoms with E-state index in [-0.39, 0.29) is 17.6 Å². The van der Waals surface area contributed by atoms with Crippen LogP contribution in [0, 0.1) is 5.95 Å². The van der Waals surface area contributed by atoms with Gasteiger partial charge in [0, 0.05) is 19.3 Å². The van der Waals surface area contributed by atoms with Gasteiger partial charge in [-0.05, 0) is 18.6 Å². The van der Waals surface area contributed by atoms with Gasteiger partial charge in [-0.25, -0.2) is 4.98 Å². The highest BCUT2D eigenvalue weighted by atomic mass is 19.1. The van der Waals surface area contributed by atoms with Crippen LogP contribution in [-0.4, -0.2) is 41.6 Å². The van der Waals surface area contributed by atoms with Crippen molar-refractivity contribution in [3.8, 4) is 0 Å². The summed E-state index contributed by atoms with van der Waals surface area (Å²) in [5.41, 5.74) is 0.0317. The van der Waals surface area contributed by atoms with Gasteiger partial charge in [0.15, 0.2) is 0 Å². The van der Waals surface area contributed by atoms with E-state index < -0.39 is 5.95 Å². The van der Waals surface area contributed by atoms with Crippen molar-refractivity contribution in [1.82, 2.24) is 9.88 Å². The minimum atomic E-state index is -0.711. The van der Waals surface area contributed by atoms with E-state index >= 15 is 0 Å². The summed E-state index contributed by atoms with van der Waals surface area (Å²) in [5.74, 6) is -1.02. The Morgan fingerprint density at radius 2 is 2.53 bits per heavy atom. The van der Waals surface area contributed by atoms with Gasteiger partial charge in [0.05, 0.1) is 18.3 Å². The van der Waals surface area contributed by atoms with Crippen LogP contribution in [0.4, 0.5) is 4.39 Å². The van der Waals surface area contributed by atoms with E-state index in [0.29, 0.717) is 19.7 Å². The highest BCUT2D eigenvalue weighted by Crippen LogP contribution is 2.13. The molecule has 1 aliphatic heterocycles. The molecule has 0 spiro atoms. The van der Waals surface area contributed by atoms with Crippen LogP contribution in [-0.2, 0) is 4.74 Å². The molecule has 1 aromatic heterocycles. The number of aromatic nitrogens is 1. The van der Waals surface area contributed by atoms with Crippen molar-refractivity contribution < 1.29 is 13.9 Å². The topological polar surface area (TPSA) is 42.4 Å². The van der Waals surface area contributed by atoms with Crippen LogP contribution in [0.3, 0.4) is 0 Å². The standard InChI is InChI=1S/C12H15FN2O2/c1-2-9-8-15(6-7-17-9)12(16)10-4-3-5-14-11(10)13/h3-5,9H,2,6-8H2,1H3. The third-order valence-corrected chi connectivity index (χ3v) is 2.87. The van der Waals surface area contributed by atoms with Crippen molar-refractivity contribution in [2.75, 3.05) is 19.7 Å². The normalized spacial score (nSPS) is 20.4. The summed E-state index contributed by atoms with van der Waals surface area (Å²) < 4.78 is 18.9. The van der Waals surface area contributed by atoms with Crippen molar-refractivity contribution in [2.24, 2.45) is 0 Å². The minimum absolute atomic E-state index is 0.0317. The Bertz CT molecular complexity index is 411. The maximum atomic E-state index is 13.4. The molecule has 4 nitrogen and oxygen atoms in total. The van der Waals surface area contributed by atoms with Crippen LogP contribution in [0.5, 0.6) is 0 Å². The molecule has 92 valence electrons. The number of carbonyl (C=O) groups is 1. The van der Waals surface area contributed by atoms with E-state index in [1.807, 2.05) is 6.92 Å². The predicted molar refractivity (Wildman–Crippen MR) is 60.1 cm³/mol. The predicted octanol–water partition coefficient (Wildman–Crippen LogP) is 1.47. The Morgan fingerprint density at radius 1 is 1.71 bits per heavy atom. The molecule has 1 aliphatic rings. The lowest BCUT2D eigenvalue weighted by Gasteiger charge is -2.32. The molecule has 17 heavy (non-hydrogen) atoms. The van der Waals surface area contributed by atoms with E-state index in [2.05, 4.69) is 4.98 Å². The Hall–Kier alpha value is -1.49. The number of hydrogen-bond donors (Lipinski definition) is 0. The number of pyridine rings is 1. The van der Waals surface area contributed by atoms with Crippen LogP contribution >= 0.6 is 0 Å². The SMILES string of the molecule is CCC1CN(C(=O)c2cccnc2F)CCO1. The van der Waals surface area contributed by atoms with Crippen molar-refractivity contribution in [1.29, 1.82) is 0 Å². The lowest BCUT2D eigenvalue weighted by molar-refractivity contribution is -0.0228. The quantitative estimate of drug-likeness (QED) is 0.733. The van der Waals surface area contributed by atoms with Gasteiger partial charge in [-0.1, -0.05) is 6.92 Å². The molecular weight excluding hydrogens is 223 g/mol. The number of ether oxygens (including phenoxy) is 1. The zero-order valence-corrected chi connectivity index (χ0v) is 9.73. The third-order valence-electron chi connectivity index (χ3n) is 2.87. The molecule has 0 saturated carbocycles. The van der Waals surface area contributed by atoms with Crippen molar-refractivity contribution in [3.63, 3.8) is 0 Å². The van der Waals surface area contributed by atoms with Gasteiger partial charge >= 0.3 is 0 Å². The van der Waals surface area contributed by atoms with Gasteiger partial charge in [0.1, 0.15) is 0 Å². The zero-order valence-electron chi connectivity index (χ0n) is 9.73. The molecular formula is C12H15FN2O2. The number of amides is 1. The third kappa shape index (κ3) is 2.61. The second-order valence-corrected chi connectivity index (χ2v) is 3.99. The molecule has 1 fully saturated rings. The van der Waals surface area contributed by atoms with Gasteiger partial charge in [-0.2, -0.15) is 4.39 Å². The molecule has 1 atom stereocenters. The van der Waals surface area contributed by atoms with Crippen LogP contribution < -0.4 is 0 Å². The largest absolute Gasteiger partial charge is 0.375 e. The molecule has 1 unspecified atom stereocenters. The van der Waals surface area contributed by atoms with Gasteiger partial charge < -0.3 is 9.64 Å². The lowest BCUT2D eigenvalue weighted by Crippen LogP contribution is -2.45. The van der Waals surface area contributed by atoms with Gasteiger partial charge in [0.25, 0.3) is 5.91 Å². The first-order chi connectivity index (χ1) is 8.22. The smallest absolute Gasteiger partial charge is 0.258 e. The minimum Gasteiger partial charge on any atom is -0.375 e. The highest BCUT2D eigenvalue weighted by molar-refractivity contribution is 5.94. The molecule has 1 aromatic rings. The average molecular weight is 238 g/mol. The van der Waals surface area contributed by atoms with Crippen molar-refractivity contribution in [3.05, 3.63) is 29.8 Å². The number of carbonyl (C=O) groups excluding carboxylic acids is 1. The van der Waals surface area contributed by atoms with E-state index in [1.165, 1.54) is 12.3 Å². The Morgan fingerprint density at radius 3 is 3.24 bits per heavy atom. The van der Waals surface area contributed by atoms with Gasteiger partial charge in [0.2, 0.25) is 5.95 Å². The first kappa shape index (κ1) is 12.0. The summed E-state index contributed by atoms with van der Waals surface area (Å²) >= 11 is 0. The fourth-order valence-electron chi connectivity index (χ4n) is 1.87. The first-order valence-electron chi connectivity index (χ1n) is 5.73. The van der Waals surface area contributed by atoms with E-state index in [1.54, 1.807) is 11.0 Å². The number of halogens is 1. The molecule has 0 aliphatic carbocycles. The van der Waals surface area contributed by atoms with Crippen molar-refractivity contribution in [2.45, 2.75) is 19.4 Å². The summed E-state index contributed by atoms with van der Waals surface area (Å²) in [5, 5.41) is 0. The van der Waals surface area contributed by atoms with E-state index in [9.17, 15) is 9.18 Å². The Kier molecular flexibility index (Phi) is 3.68. The number of rotatable bonds is 2. The molecule has 0 radical (unpaired) electrons. The Balaban J connectivity index is 2.12. The van der Waals surface area contributed by atoms with E-state index in [4.69, 9.17) is 4.74 Å². The average Bonchev–Trinajstić information content (AvgIpc) is 2.38. The molecule has 2 rings (SSSR count). The number of nitrogens with zero attached hydrogens (tertiary/aromatic N) is 2. The summed E-state index contributed by atoms with van der Waals surface area (Å²) in [7, 11) is 0. The van der Waals surface area contributed by atoms with Crippen LogP contribution in [0.15, 0.2) is 18.3 Å². The second-order valence-electron chi connectivity index (χ2n) is 3.99. The van der Waals surface area contributed by atoms with Crippen LogP contribution in [0.1, 0.15) is 23.7 Å². The molecule has 0 N–H and O–H groups in total. The zero-order chi connectivity index (χ0) is 12.3. The molecule has 0 aromatic carbocycles. The van der Waals surface area contributed by atoms with Gasteiger partial charge in [-0.3, -0.25) is 4.79 Å². The number of hydrogen-bond acceptors (Lipinski definition) is 3. The van der Waals surface area contributed by atoms with Crippen molar-refractivity contribution >= 4 is 5.91 Å². The summed E-state index contributed by atoms with van der Waals surface area (Å²) in [6.07, 6.45) is 2.23. The summed E-state index contributed by atoms with van der Waals surface area (Å²) in [6, 6.07) is 3.02. The molecule has 1 saturated heterocycles. The van der Waals surface area contributed by atoms with Gasteiger partial charge in [-0.15, -0.1) is 0 Å². The monoisotopic (exact) mass is 238 g/mol. The maximum absolute atomic E-state index is 13.4.